The van der Waals surface area contributed by atoms with Crippen LogP contribution in [0.4, 0.5) is 4.39 Å². The quantitative estimate of drug-likeness (QED) is 0.605. The number of likely N-dealkylation sites (N-methyl/N-ethyl adjacent to an activating group) is 1. The molecule has 1 amide bonds. The molecule has 0 saturated carbocycles. The maximum absolute atomic E-state index is 13.7. The third-order valence-corrected chi connectivity index (χ3v) is 4.82. The normalized spacial score (nSPS) is 10.9. The van der Waals surface area contributed by atoms with Crippen LogP contribution in [0.25, 0.3) is 11.0 Å². The van der Waals surface area contributed by atoms with Crippen molar-refractivity contribution in [2.24, 2.45) is 0 Å². The van der Waals surface area contributed by atoms with Gasteiger partial charge in [0, 0.05) is 30.1 Å². The Balaban J connectivity index is 1.56. The summed E-state index contributed by atoms with van der Waals surface area (Å²) in [6.07, 6.45) is 1.56. The van der Waals surface area contributed by atoms with E-state index >= 15 is 0 Å². The molecule has 3 aromatic rings. The lowest BCUT2D eigenvalue weighted by Crippen LogP contribution is -2.31. The highest BCUT2D eigenvalue weighted by Crippen LogP contribution is 2.26. The predicted octanol–water partition coefficient (Wildman–Crippen LogP) is 3.93. The Morgan fingerprint density at radius 1 is 1.11 bits per heavy atom. The molecule has 0 atom stereocenters. The molecule has 0 aliphatic heterocycles. The van der Waals surface area contributed by atoms with Crippen LogP contribution in [0.2, 0.25) is 0 Å². The van der Waals surface area contributed by atoms with E-state index in [-0.39, 0.29) is 18.8 Å². The summed E-state index contributed by atoms with van der Waals surface area (Å²) in [5, 5.41) is 0.864. The number of benzene rings is 2. The first-order valence-electron chi connectivity index (χ1n) is 8.96. The molecule has 0 bridgehead atoms. The van der Waals surface area contributed by atoms with Crippen molar-refractivity contribution in [1.29, 1.82) is 0 Å². The van der Waals surface area contributed by atoms with Gasteiger partial charge in [0.2, 0.25) is 0 Å². The molecule has 2 aromatic carbocycles. The molecule has 0 radical (unpaired) electrons. The minimum absolute atomic E-state index is 0.0137. The van der Waals surface area contributed by atoms with Gasteiger partial charge in [0.1, 0.15) is 11.4 Å². The van der Waals surface area contributed by atoms with Crippen molar-refractivity contribution in [3.8, 4) is 0 Å². The molecule has 0 fully saturated rings. The number of fused-ring (bicyclic) bond motifs is 1. The van der Waals surface area contributed by atoms with Gasteiger partial charge in [0.15, 0.2) is 6.61 Å². The Morgan fingerprint density at radius 3 is 2.61 bits per heavy atom. The number of rotatable bonds is 6. The number of hydrogen-bond donors (Lipinski definition) is 0. The van der Waals surface area contributed by atoms with Crippen LogP contribution in [-0.4, -0.2) is 30.4 Å². The number of hydrogen-bond acceptors (Lipinski definition) is 4. The van der Waals surface area contributed by atoms with Crippen molar-refractivity contribution in [2.75, 3.05) is 13.7 Å². The summed E-state index contributed by atoms with van der Waals surface area (Å²) in [6.45, 7) is 3.67. The van der Waals surface area contributed by atoms with Gasteiger partial charge < -0.3 is 14.1 Å². The third-order valence-electron chi connectivity index (χ3n) is 4.82. The fourth-order valence-electron chi connectivity index (χ4n) is 2.95. The maximum atomic E-state index is 13.7. The van der Waals surface area contributed by atoms with Crippen molar-refractivity contribution >= 4 is 22.8 Å². The van der Waals surface area contributed by atoms with E-state index in [1.807, 2.05) is 26.0 Å². The van der Waals surface area contributed by atoms with Crippen LogP contribution in [0.3, 0.4) is 0 Å². The van der Waals surface area contributed by atoms with Gasteiger partial charge in [-0.25, -0.2) is 4.39 Å². The predicted molar refractivity (Wildman–Crippen MR) is 103 cm³/mol. The van der Waals surface area contributed by atoms with E-state index in [0.29, 0.717) is 5.56 Å². The number of nitrogens with zero attached hydrogens (tertiary/aromatic N) is 1. The fourth-order valence-corrected chi connectivity index (χ4v) is 2.95. The van der Waals surface area contributed by atoms with Gasteiger partial charge in [-0.2, -0.15) is 0 Å². The number of carbonyl (C=O) groups is 2. The number of carbonyl (C=O) groups excluding carboxylic acids is 2. The van der Waals surface area contributed by atoms with Gasteiger partial charge in [-0.3, -0.25) is 9.59 Å². The molecule has 0 aliphatic carbocycles. The van der Waals surface area contributed by atoms with Gasteiger partial charge in [0.05, 0.1) is 12.7 Å². The summed E-state index contributed by atoms with van der Waals surface area (Å²) >= 11 is 0. The van der Waals surface area contributed by atoms with E-state index in [1.165, 1.54) is 18.0 Å². The number of esters is 1. The highest BCUT2D eigenvalue weighted by atomic mass is 19.1. The van der Waals surface area contributed by atoms with E-state index in [0.717, 1.165) is 27.7 Å². The van der Waals surface area contributed by atoms with Gasteiger partial charge >= 0.3 is 5.97 Å². The number of ether oxygens (including phenoxy) is 1. The van der Waals surface area contributed by atoms with Crippen LogP contribution in [0.1, 0.15) is 22.3 Å². The Kier molecular flexibility index (Phi) is 5.78. The summed E-state index contributed by atoms with van der Waals surface area (Å²) in [4.78, 5) is 25.6. The first kappa shape index (κ1) is 19.6. The van der Waals surface area contributed by atoms with Crippen molar-refractivity contribution in [1.82, 2.24) is 4.90 Å². The smallest absolute Gasteiger partial charge is 0.310 e. The monoisotopic (exact) mass is 383 g/mol. The second-order valence-corrected chi connectivity index (χ2v) is 6.82. The molecule has 146 valence electrons. The van der Waals surface area contributed by atoms with Crippen LogP contribution in [0.5, 0.6) is 0 Å². The zero-order chi connectivity index (χ0) is 20.3. The lowest BCUT2D eigenvalue weighted by atomic mass is 10.0. The minimum atomic E-state index is -0.520. The van der Waals surface area contributed by atoms with E-state index in [9.17, 15) is 14.0 Å². The second kappa shape index (κ2) is 8.25. The molecule has 0 N–H and O–H groups in total. The third kappa shape index (κ3) is 4.22. The molecule has 28 heavy (non-hydrogen) atoms. The standard InChI is InChI=1S/C22H22FNO4/c1-14-8-9-18-17(12-28-22(18)15(14)2)10-21(26)27-13-20(25)24(3)11-16-6-4-5-7-19(16)23/h4-9,12H,10-11,13H2,1-3H3. The molecule has 0 aliphatic rings. The first-order valence-corrected chi connectivity index (χ1v) is 8.96. The highest BCUT2D eigenvalue weighted by Gasteiger charge is 2.17. The average Bonchev–Trinajstić information content (AvgIpc) is 3.08. The topological polar surface area (TPSA) is 59.8 Å². The molecule has 0 unspecified atom stereocenters. The average molecular weight is 383 g/mol. The maximum Gasteiger partial charge on any atom is 0.310 e. The van der Waals surface area contributed by atoms with E-state index in [2.05, 4.69) is 0 Å². The number of furan rings is 1. The van der Waals surface area contributed by atoms with Gasteiger partial charge in [-0.15, -0.1) is 0 Å². The molecule has 0 spiro atoms. The van der Waals surface area contributed by atoms with E-state index < -0.39 is 18.5 Å². The Morgan fingerprint density at radius 2 is 1.86 bits per heavy atom. The molecular weight excluding hydrogens is 361 g/mol. The van der Waals surface area contributed by atoms with Crippen LogP contribution >= 0.6 is 0 Å². The molecule has 3 rings (SSSR count). The van der Waals surface area contributed by atoms with Crippen molar-refractivity contribution in [2.45, 2.75) is 26.8 Å². The first-order chi connectivity index (χ1) is 13.4. The molecule has 0 saturated heterocycles. The van der Waals surface area contributed by atoms with E-state index in [1.54, 1.807) is 24.5 Å². The van der Waals surface area contributed by atoms with Gasteiger partial charge in [0.25, 0.3) is 5.91 Å². The lowest BCUT2D eigenvalue weighted by Gasteiger charge is -2.17. The molecule has 1 heterocycles. The van der Waals surface area contributed by atoms with Crippen LogP contribution in [0.15, 0.2) is 47.1 Å². The highest BCUT2D eigenvalue weighted by molar-refractivity contribution is 5.89. The zero-order valence-electron chi connectivity index (χ0n) is 16.1. The van der Waals surface area contributed by atoms with Crippen LogP contribution in [-0.2, 0) is 27.3 Å². The SMILES string of the molecule is Cc1ccc2c(CC(=O)OCC(=O)N(C)Cc3ccccc3F)coc2c1C. The summed E-state index contributed by atoms with van der Waals surface area (Å²) < 4.78 is 24.4. The van der Waals surface area contributed by atoms with E-state index in [4.69, 9.17) is 9.15 Å². The van der Waals surface area contributed by atoms with Crippen LogP contribution < -0.4 is 0 Å². The molecule has 6 heteroatoms. The minimum Gasteiger partial charge on any atom is -0.464 e. The zero-order valence-corrected chi connectivity index (χ0v) is 16.1. The number of halogens is 1. The lowest BCUT2D eigenvalue weighted by molar-refractivity contribution is -0.151. The Hall–Kier alpha value is -3.15. The van der Waals surface area contributed by atoms with Gasteiger partial charge in [-0.05, 0) is 31.0 Å². The summed E-state index contributed by atoms with van der Waals surface area (Å²) in [5.74, 6) is -1.30. The fraction of sp³-hybridized carbons (Fsp3) is 0.273. The van der Waals surface area contributed by atoms with Gasteiger partial charge in [-0.1, -0.05) is 30.3 Å². The molecule has 1 aromatic heterocycles. The number of aryl methyl sites for hydroxylation is 2. The van der Waals surface area contributed by atoms with Crippen molar-refractivity contribution in [3.63, 3.8) is 0 Å². The number of amides is 1. The second-order valence-electron chi connectivity index (χ2n) is 6.82. The summed E-state index contributed by atoms with van der Waals surface area (Å²) in [7, 11) is 1.54. The summed E-state index contributed by atoms with van der Waals surface area (Å²) in [5.41, 5.74) is 4.01. The molecule has 5 nitrogen and oxygen atoms in total. The van der Waals surface area contributed by atoms with Crippen molar-refractivity contribution in [3.05, 3.63) is 70.7 Å². The Labute approximate surface area is 162 Å². The van der Waals surface area contributed by atoms with Crippen molar-refractivity contribution < 1.29 is 23.1 Å². The van der Waals surface area contributed by atoms with Crippen LogP contribution in [0, 0.1) is 19.7 Å². The molecular formula is C22H22FNO4. The summed E-state index contributed by atoms with van der Waals surface area (Å²) in [6, 6.07) is 10.1. The largest absolute Gasteiger partial charge is 0.464 e. The Bertz CT molecular complexity index is 1020.